The Morgan fingerprint density at radius 3 is 2.67 bits per heavy atom. The second-order valence-electron chi connectivity index (χ2n) is 6.55. The lowest BCUT2D eigenvalue weighted by atomic mass is 9.95. The van der Waals surface area contributed by atoms with Crippen LogP contribution in [0.1, 0.15) is 25.8 Å². The van der Waals surface area contributed by atoms with Gasteiger partial charge in [0.2, 0.25) is 0 Å². The minimum Gasteiger partial charge on any atom is -0.389 e. The van der Waals surface area contributed by atoms with Crippen LogP contribution in [0.25, 0.3) is 0 Å². The molecule has 0 spiro atoms. The smallest absolute Gasteiger partial charge is 0.0718 e. The fraction of sp³-hybridized carbons (Fsp3) is 0.600. The van der Waals surface area contributed by atoms with E-state index in [0.717, 1.165) is 30.0 Å². The maximum absolute atomic E-state index is 9.92. The van der Waals surface area contributed by atoms with Gasteiger partial charge in [-0.15, -0.1) is 0 Å². The molecule has 1 saturated heterocycles. The van der Waals surface area contributed by atoms with Gasteiger partial charge >= 0.3 is 0 Å². The highest BCUT2D eigenvalue weighted by Crippen LogP contribution is 2.59. The molecule has 2 atom stereocenters. The van der Waals surface area contributed by atoms with Crippen LogP contribution in [0.5, 0.6) is 0 Å². The third-order valence-corrected chi connectivity index (χ3v) is 4.77. The second-order valence-corrected chi connectivity index (χ2v) is 7.46. The molecule has 1 aromatic rings. The zero-order chi connectivity index (χ0) is 13.0. The quantitative estimate of drug-likeness (QED) is 0.928. The maximum Gasteiger partial charge on any atom is 0.0718 e. The Kier molecular flexibility index (Phi) is 2.85. The Hall–Kier alpha value is -0.380. The summed E-state index contributed by atoms with van der Waals surface area (Å²) in [6.07, 6.45) is 1.32. The van der Waals surface area contributed by atoms with Gasteiger partial charge in [0.25, 0.3) is 0 Å². The van der Waals surface area contributed by atoms with Gasteiger partial charge in [-0.2, -0.15) is 0 Å². The van der Waals surface area contributed by atoms with Crippen molar-refractivity contribution in [1.29, 1.82) is 0 Å². The number of likely N-dealkylation sites (tertiary alicyclic amines) is 1. The summed E-state index contributed by atoms with van der Waals surface area (Å²) in [5.41, 5.74) is 1.26. The van der Waals surface area contributed by atoms with Crippen LogP contribution in [0.15, 0.2) is 28.7 Å². The van der Waals surface area contributed by atoms with Gasteiger partial charge < -0.3 is 5.11 Å². The minimum atomic E-state index is -0.586. The normalized spacial score (nSPS) is 31.4. The molecule has 3 heteroatoms. The van der Waals surface area contributed by atoms with Gasteiger partial charge in [-0.1, -0.05) is 28.1 Å². The highest BCUT2D eigenvalue weighted by Gasteiger charge is 2.60. The molecule has 2 fully saturated rings. The zero-order valence-electron chi connectivity index (χ0n) is 11.0. The average Bonchev–Trinajstić information content (AvgIpc) is 2.81. The number of aliphatic hydroxyl groups is 1. The number of β-amino-alcohol motifs (C(OH)–C–C–N with tert-alkyl or cyclic N) is 1. The summed E-state index contributed by atoms with van der Waals surface area (Å²) in [4.78, 5) is 2.41. The zero-order valence-corrected chi connectivity index (χ0v) is 12.6. The van der Waals surface area contributed by atoms with Crippen LogP contribution in [0.2, 0.25) is 0 Å². The molecule has 0 unspecified atom stereocenters. The van der Waals surface area contributed by atoms with E-state index in [4.69, 9.17) is 0 Å². The lowest BCUT2D eigenvalue weighted by Crippen LogP contribution is -2.39. The molecule has 1 saturated carbocycles. The van der Waals surface area contributed by atoms with E-state index >= 15 is 0 Å². The van der Waals surface area contributed by atoms with Gasteiger partial charge in [0.1, 0.15) is 0 Å². The topological polar surface area (TPSA) is 23.5 Å². The van der Waals surface area contributed by atoms with E-state index in [2.05, 4.69) is 45.1 Å². The summed E-state index contributed by atoms with van der Waals surface area (Å²) in [7, 11) is 0. The van der Waals surface area contributed by atoms with Crippen molar-refractivity contribution >= 4 is 15.9 Å². The first kappa shape index (κ1) is 12.6. The lowest BCUT2D eigenvalue weighted by Gasteiger charge is -2.27. The fourth-order valence-corrected chi connectivity index (χ4v) is 3.75. The van der Waals surface area contributed by atoms with E-state index < -0.39 is 5.60 Å². The molecular formula is C15H20BrNO. The Morgan fingerprint density at radius 2 is 2.06 bits per heavy atom. The molecule has 0 radical (unpaired) electrons. The molecule has 1 aromatic carbocycles. The fourth-order valence-electron chi connectivity index (χ4n) is 3.48. The van der Waals surface area contributed by atoms with Crippen LogP contribution >= 0.6 is 15.9 Å². The molecule has 1 aliphatic heterocycles. The molecule has 0 amide bonds. The van der Waals surface area contributed by atoms with E-state index in [1.807, 2.05) is 13.8 Å². The Labute approximate surface area is 117 Å². The van der Waals surface area contributed by atoms with Crippen LogP contribution in [0.4, 0.5) is 0 Å². The van der Waals surface area contributed by atoms with Crippen LogP contribution in [-0.4, -0.2) is 35.2 Å². The van der Waals surface area contributed by atoms with Gasteiger partial charge in [-0.05, 0) is 43.9 Å². The largest absolute Gasteiger partial charge is 0.389 e. The molecule has 0 bridgehead atoms. The van der Waals surface area contributed by atoms with Gasteiger partial charge in [-0.25, -0.2) is 0 Å². The number of hydrogen-bond donors (Lipinski definition) is 1. The van der Waals surface area contributed by atoms with Crippen molar-refractivity contribution in [2.24, 2.45) is 5.92 Å². The summed E-state index contributed by atoms with van der Waals surface area (Å²) >= 11 is 3.49. The molecule has 1 heterocycles. The molecule has 2 aliphatic rings. The van der Waals surface area contributed by atoms with Crippen molar-refractivity contribution in [3.8, 4) is 0 Å². The number of hydrogen-bond acceptors (Lipinski definition) is 2. The second kappa shape index (κ2) is 4.06. The average molecular weight is 310 g/mol. The molecule has 18 heavy (non-hydrogen) atoms. The van der Waals surface area contributed by atoms with Crippen molar-refractivity contribution < 1.29 is 5.11 Å². The molecule has 3 rings (SSSR count). The van der Waals surface area contributed by atoms with Crippen molar-refractivity contribution in [1.82, 2.24) is 4.90 Å². The lowest BCUT2D eigenvalue weighted by molar-refractivity contribution is 0.0398. The van der Waals surface area contributed by atoms with Crippen LogP contribution in [-0.2, 0) is 5.41 Å². The first-order valence-electron chi connectivity index (χ1n) is 6.60. The monoisotopic (exact) mass is 309 g/mol. The first-order chi connectivity index (χ1) is 8.39. The van der Waals surface area contributed by atoms with Crippen molar-refractivity contribution in [3.63, 3.8) is 0 Å². The van der Waals surface area contributed by atoms with E-state index in [1.165, 1.54) is 12.0 Å². The number of nitrogens with zero attached hydrogens (tertiary/aromatic N) is 1. The highest BCUT2D eigenvalue weighted by molar-refractivity contribution is 9.10. The number of halogens is 1. The Bertz CT molecular complexity index is 451. The number of piperidine rings is 1. The molecule has 98 valence electrons. The number of fused-ring (bicyclic) bond motifs is 1. The van der Waals surface area contributed by atoms with Gasteiger partial charge in [0, 0.05) is 29.5 Å². The predicted octanol–water partition coefficient (Wildman–Crippen LogP) is 2.79. The van der Waals surface area contributed by atoms with E-state index in [1.54, 1.807) is 0 Å². The van der Waals surface area contributed by atoms with Crippen LogP contribution in [0, 0.1) is 5.92 Å². The van der Waals surface area contributed by atoms with Gasteiger partial charge in [-0.3, -0.25) is 4.90 Å². The molecule has 2 nitrogen and oxygen atoms in total. The van der Waals surface area contributed by atoms with Crippen molar-refractivity contribution in [3.05, 3.63) is 34.3 Å². The van der Waals surface area contributed by atoms with E-state index in [9.17, 15) is 5.11 Å². The molecule has 0 aromatic heterocycles. The number of benzene rings is 1. The molecule has 1 N–H and O–H groups in total. The minimum absolute atomic E-state index is 0.381. The maximum atomic E-state index is 9.92. The first-order valence-corrected chi connectivity index (χ1v) is 7.39. The molecular weight excluding hydrogens is 290 g/mol. The summed E-state index contributed by atoms with van der Waals surface area (Å²) in [5.74, 6) is 0.793. The standard InChI is InChI=1S/C15H20BrNO/c1-14(2,18)9-17-8-12-7-15(12,10-17)11-3-5-13(16)6-4-11/h3-6,12,18H,7-10H2,1-2H3/t12-,15+/m0/s1. The third kappa shape index (κ3) is 2.24. The highest BCUT2D eigenvalue weighted by atomic mass is 79.9. The summed E-state index contributed by atoms with van der Waals surface area (Å²) in [5, 5.41) is 9.92. The van der Waals surface area contributed by atoms with E-state index in [-0.39, 0.29) is 0 Å². The number of rotatable bonds is 3. The van der Waals surface area contributed by atoms with E-state index in [0.29, 0.717) is 5.41 Å². The Morgan fingerprint density at radius 1 is 1.39 bits per heavy atom. The predicted molar refractivity (Wildman–Crippen MR) is 76.7 cm³/mol. The summed E-state index contributed by atoms with van der Waals surface area (Å²) in [6.45, 7) is 6.80. The summed E-state index contributed by atoms with van der Waals surface area (Å²) in [6, 6.07) is 8.77. The third-order valence-electron chi connectivity index (χ3n) is 4.25. The van der Waals surface area contributed by atoms with Gasteiger partial charge in [0.05, 0.1) is 5.60 Å². The van der Waals surface area contributed by atoms with Crippen molar-refractivity contribution in [2.75, 3.05) is 19.6 Å². The summed E-state index contributed by atoms with van der Waals surface area (Å²) < 4.78 is 1.14. The molecule has 1 aliphatic carbocycles. The van der Waals surface area contributed by atoms with Gasteiger partial charge in [0.15, 0.2) is 0 Å². The van der Waals surface area contributed by atoms with Crippen LogP contribution in [0.3, 0.4) is 0 Å². The van der Waals surface area contributed by atoms with Crippen molar-refractivity contribution in [2.45, 2.75) is 31.3 Å². The SMILES string of the molecule is CC(C)(O)CN1C[C@@H]2C[C@]2(c2ccc(Br)cc2)C1. The Balaban J connectivity index is 1.74. The van der Waals surface area contributed by atoms with Crippen LogP contribution < -0.4 is 0 Å².